The van der Waals surface area contributed by atoms with Gasteiger partial charge in [0.05, 0.1) is 5.69 Å². The highest BCUT2D eigenvalue weighted by atomic mass is 32.1. The molecule has 190 valence electrons. The Kier molecular flexibility index (Phi) is 6.62. The highest BCUT2D eigenvalue weighted by molar-refractivity contribution is 7.09. The van der Waals surface area contributed by atoms with Gasteiger partial charge in [-0.1, -0.05) is 31.0 Å². The molecule has 1 atom stereocenters. The zero-order valence-corrected chi connectivity index (χ0v) is 20.6. The number of primary amides is 1. The van der Waals surface area contributed by atoms with Crippen molar-refractivity contribution >= 4 is 51.5 Å². The largest absolute Gasteiger partial charge is 0.395 e. The van der Waals surface area contributed by atoms with Crippen molar-refractivity contribution in [3.05, 3.63) is 76.7 Å². The Hall–Kier alpha value is -4.25. The monoisotopic (exact) mass is 520 g/mol. The molecule has 9 nitrogen and oxygen atoms in total. The topological polar surface area (TPSA) is 147 Å². The van der Waals surface area contributed by atoms with Crippen molar-refractivity contribution in [3.63, 3.8) is 0 Å². The number of para-hydroxylation sites is 1. The SMILES string of the molecule is NC(=O)c1nsc(C(=O)N(c2ccc(F)cc2)[C@H](C(=O)NC2CCCC2)c2c[nH]c3ccccc23)c1N. The lowest BCUT2D eigenvalue weighted by molar-refractivity contribution is -0.123. The third kappa shape index (κ3) is 4.65. The number of anilines is 2. The number of amides is 3. The first-order chi connectivity index (χ1) is 17.8. The number of nitrogen functional groups attached to an aromatic ring is 1. The van der Waals surface area contributed by atoms with E-state index in [2.05, 4.69) is 14.7 Å². The third-order valence-electron chi connectivity index (χ3n) is 6.60. The average Bonchev–Trinajstić information content (AvgIpc) is 3.63. The number of nitrogens with one attached hydrogen (secondary N) is 2. The van der Waals surface area contributed by atoms with Crippen LogP contribution in [0.25, 0.3) is 10.9 Å². The lowest BCUT2D eigenvalue weighted by Crippen LogP contribution is -2.46. The van der Waals surface area contributed by atoms with Crippen molar-refractivity contribution in [3.8, 4) is 0 Å². The van der Waals surface area contributed by atoms with Crippen LogP contribution in [-0.2, 0) is 4.79 Å². The molecule has 2 aromatic carbocycles. The molecule has 1 saturated carbocycles. The van der Waals surface area contributed by atoms with E-state index in [-0.39, 0.29) is 33.9 Å². The standard InChI is InChI=1S/C26H25FN6O3S/c27-14-9-11-16(12-10-14)33(26(36)23-20(28)21(24(29)34)32-37-23)22(25(35)31-15-5-1-2-6-15)18-13-30-19-8-4-3-7-17(18)19/h3-4,7-13,15,22,30H,1-2,5-6,28H2,(H2,29,34)(H,31,35)/t22-/m0/s1. The van der Waals surface area contributed by atoms with E-state index < -0.39 is 23.7 Å². The summed E-state index contributed by atoms with van der Waals surface area (Å²) in [6.07, 6.45) is 5.41. The fraction of sp³-hybridized carbons (Fsp3) is 0.231. The van der Waals surface area contributed by atoms with Gasteiger partial charge in [0.25, 0.3) is 11.8 Å². The predicted molar refractivity (Wildman–Crippen MR) is 140 cm³/mol. The van der Waals surface area contributed by atoms with E-state index in [0.717, 1.165) is 48.1 Å². The van der Waals surface area contributed by atoms with Crippen molar-refractivity contribution in [2.45, 2.75) is 37.8 Å². The number of nitrogens with two attached hydrogens (primary N) is 2. The number of hydrogen-bond acceptors (Lipinski definition) is 6. The van der Waals surface area contributed by atoms with Crippen LogP contribution in [0.2, 0.25) is 0 Å². The molecule has 11 heteroatoms. The summed E-state index contributed by atoms with van der Waals surface area (Å²) in [7, 11) is 0. The van der Waals surface area contributed by atoms with Gasteiger partial charge in [0.1, 0.15) is 16.7 Å². The molecule has 0 bridgehead atoms. The van der Waals surface area contributed by atoms with Gasteiger partial charge in [-0.2, -0.15) is 4.37 Å². The second-order valence-electron chi connectivity index (χ2n) is 8.97. The normalized spacial score (nSPS) is 14.5. The lowest BCUT2D eigenvalue weighted by atomic mass is 10.0. The fourth-order valence-electron chi connectivity index (χ4n) is 4.79. The summed E-state index contributed by atoms with van der Waals surface area (Å²) in [5.41, 5.74) is 12.7. The number of aromatic nitrogens is 2. The molecule has 5 rings (SSSR count). The first kappa shape index (κ1) is 24.4. The Balaban J connectivity index is 1.68. The maximum absolute atomic E-state index is 14.1. The third-order valence-corrected chi connectivity index (χ3v) is 7.45. The maximum atomic E-state index is 14.1. The van der Waals surface area contributed by atoms with E-state index in [9.17, 15) is 18.8 Å². The van der Waals surface area contributed by atoms with Crippen LogP contribution in [0.15, 0.2) is 54.7 Å². The van der Waals surface area contributed by atoms with E-state index in [1.807, 2.05) is 24.3 Å². The number of nitrogens with zero attached hydrogens (tertiary/aromatic N) is 2. The highest BCUT2D eigenvalue weighted by Crippen LogP contribution is 2.36. The van der Waals surface area contributed by atoms with Crippen molar-refractivity contribution in [2.75, 3.05) is 10.6 Å². The van der Waals surface area contributed by atoms with Gasteiger partial charge in [-0.05, 0) is 54.7 Å². The Morgan fingerprint density at radius 3 is 2.49 bits per heavy atom. The molecule has 0 spiro atoms. The van der Waals surface area contributed by atoms with E-state index in [1.54, 1.807) is 6.20 Å². The molecule has 0 radical (unpaired) electrons. The number of carbonyl (C=O) groups excluding carboxylic acids is 3. The Bertz CT molecular complexity index is 1480. The highest BCUT2D eigenvalue weighted by Gasteiger charge is 2.38. The van der Waals surface area contributed by atoms with Crippen LogP contribution in [0.5, 0.6) is 0 Å². The van der Waals surface area contributed by atoms with E-state index in [4.69, 9.17) is 11.5 Å². The minimum atomic E-state index is -1.13. The number of carbonyl (C=O) groups is 3. The van der Waals surface area contributed by atoms with Crippen molar-refractivity contribution in [1.82, 2.24) is 14.7 Å². The Morgan fingerprint density at radius 2 is 1.81 bits per heavy atom. The van der Waals surface area contributed by atoms with Crippen molar-refractivity contribution in [1.29, 1.82) is 0 Å². The molecule has 1 aliphatic carbocycles. The molecule has 6 N–H and O–H groups in total. The summed E-state index contributed by atoms with van der Waals surface area (Å²) in [6.45, 7) is 0. The number of halogens is 1. The van der Waals surface area contributed by atoms with Crippen LogP contribution in [0, 0.1) is 5.82 Å². The summed E-state index contributed by atoms with van der Waals surface area (Å²) in [6, 6.07) is 11.6. The Labute approximate surface area is 215 Å². The average molecular weight is 521 g/mol. The number of aromatic amines is 1. The zero-order valence-electron chi connectivity index (χ0n) is 19.7. The number of hydrogen-bond donors (Lipinski definition) is 4. The number of fused-ring (bicyclic) bond motifs is 1. The molecule has 0 unspecified atom stereocenters. The predicted octanol–water partition coefficient (Wildman–Crippen LogP) is 3.89. The van der Waals surface area contributed by atoms with Gasteiger partial charge in [0.2, 0.25) is 5.91 Å². The minimum absolute atomic E-state index is 0.0136. The van der Waals surface area contributed by atoms with Crippen LogP contribution in [-0.4, -0.2) is 33.1 Å². The molecular weight excluding hydrogens is 495 g/mol. The molecule has 1 aliphatic rings. The van der Waals surface area contributed by atoms with Gasteiger partial charge >= 0.3 is 0 Å². The van der Waals surface area contributed by atoms with Gasteiger partial charge in [-0.25, -0.2) is 4.39 Å². The Morgan fingerprint density at radius 1 is 1.11 bits per heavy atom. The fourth-order valence-corrected chi connectivity index (χ4v) is 5.53. The zero-order chi connectivity index (χ0) is 26.1. The number of H-pyrrole nitrogens is 1. The lowest BCUT2D eigenvalue weighted by Gasteiger charge is -2.32. The molecule has 4 aromatic rings. The van der Waals surface area contributed by atoms with Gasteiger partial charge < -0.3 is 21.8 Å². The molecule has 2 aromatic heterocycles. The van der Waals surface area contributed by atoms with Crippen LogP contribution < -0.4 is 21.7 Å². The first-order valence-electron chi connectivity index (χ1n) is 11.9. The van der Waals surface area contributed by atoms with E-state index in [0.29, 0.717) is 5.56 Å². The summed E-state index contributed by atoms with van der Waals surface area (Å²) in [5, 5.41) is 3.85. The molecule has 1 fully saturated rings. The van der Waals surface area contributed by atoms with Gasteiger partial charge in [0, 0.05) is 34.4 Å². The number of benzene rings is 2. The molecule has 0 aliphatic heterocycles. The van der Waals surface area contributed by atoms with Crippen LogP contribution in [0.3, 0.4) is 0 Å². The van der Waals surface area contributed by atoms with Gasteiger partial charge in [-0.15, -0.1) is 0 Å². The van der Waals surface area contributed by atoms with Crippen LogP contribution in [0.1, 0.15) is 57.4 Å². The molecule has 3 amide bonds. The molecule has 0 saturated heterocycles. The van der Waals surface area contributed by atoms with Gasteiger partial charge in [-0.3, -0.25) is 19.3 Å². The number of rotatable bonds is 7. The smallest absolute Gasteiger partial charge is 0.273 e. The molecule has 37 heavy (non-hydrogen) atoms. The minimum Gasteiger partial charge on any atom is -0.395 e. The quantitative estimate of drug-likeness (QED) is 0.292. The maximum Gasteiger partial charge on any atom is 0.273 e. The molecule has 2 heterocycles. The molecular formula is C26H25FN6O3S. The van der Waals surface area contributed by atoms with Crippen molar-refractivity contribution in [2.24, 2.45) is 5.73 Å². The summed E-state index contributed by atoms with van der Waals surface area (Å²) in [4.78, 5) is 44.2. The second kappa shape index (κ2) is 10.0. The van der Waals surface area contributed by atoms with Gasteiger partial charge in [0.15, 0.2) is 5.69 Å². The first-order valence-corrected chi connectivity index (χ1v) is 12.6. The van der Waals surface area contributed by atoms with Crippen molar-refractivity contribution < 1.29 is 18.8 Å². The summed E-state index contributed by atoms with van der Waals surface area (Å²) >= 11 is 0.721. The second-order valence-corrected chi connectivity index (χ2v) is 9.75. The summed E-state index contributed by atoms with van der Waals surface area (Å²) < 4.78 is 17.8. The van der Waals surface area contributed by atoms with E-state index >= 15 is 0 Å². The van der Waals surface area contributed by atoms with E-state index in [1.165, 1.54) is 29.2 Å². The van der Waals surface area contributed by atoms with Crippen LogP contribution in [0.4, 0.5) is 15.8 Å². The van der Waals surface area contributed by atoms with Crippen LogP contribution >= 0.6 is 11.5 Å². The summed E-state index contributed by atoms with van der Waals surface area (Å²) in [5.74, 6) is -2.41.